The van der Waals surface area contributed by atoms with Crippen LogP contribution < -0.4 is 0 Å². The first kappa shape index (κ1) is 31.6. The second-order valence-electron chi connectivity index (χ2n) is 6.56. The van der Waals surface area contributed by atoms with E-state index in [0.29, 0.717) is 0 Å². The van der Waals surface area contributed by atoms with E-state index in [-0.39, 0.29) is 21.1 Å². The fourth-order valence-corrected chi connectivity index (χ4v) is 7.06. The Bertz CT molecular complexity index is 710. The van der Waals surface area contributed by atoms with Crippen molar-refractivity contribution in [2.24, 2.45) is 0 Å². The van der Waals surface area contributed by atoms with Gasteiger partial charge in [0.15, 0.2) is 0 Å². The van der Waals surface area contributed by atoms with Crippen LogP contribution in [0.4, 0.5) is 61.5 Å². The van der Waals surface area contributed by atoms with Gasteiger partial charge in [0.25, 0.3) is 0 Å². The summed E-state index contributed by atoms with van der Waals surface area (Å²) in [5.41, 5.74) is 0. The number of carbonyl (C=O) groups excluding carboxylic acids is 3. The molecule has 0 aliphatic carbocycles. The van der Waals surface area contributed by atoms with Crippen molar-refractivity contribution in [3.05, 3.63) is 0 Å². The Morgan fingerprint density at radius 1 is 0.559 bits per heavy atom. The first-order chi connectivity index (χ1) is 14.7. The predicted molar refractivity (Wildman–Crippen MR) is 82.7 cm³/mol. The molecule has 0 aliphatic heterocycles. The molecule has 0 bridgehead atoms. The highest BCUT2D eigenvalue weighted by Gasteiger charge is 2.66. The summed E-state index contributed by atoms with van der Waals surface area (Å²) in [5.74, 6) is -15.9. The summed E-state index contributed by atoms with van der Waals surface area (Å²) >= 11 is 0. The smallest absolute Gasteiger partial charge is 0.330 e. The lowest BCUT2D eigenvalue weighted by atomic mass is 10.2. The molecule has 0 heterocycles. The molecule has 0 saturated carbocycles. The average molecular weight is 553 g/mol. The Hall–Kier alpha value is -2.35. The van der Waals surface area contributed by atoms with E-state index in [9.17, 15) is 75.8 Å². The standard InChI is InChI=1S/C13H13F14N3O3Si/c1-28(6(31)10(16,17)18)34(29(2)7(32)11(19,20)21,30(3)8(33)12(22,23)24)5-4-9(14,15)13(25,26)27/h4-5H2,1-3H3. The molecule has 34 heavy (non-hydrogen) atoms. The van der Waals surface area contributed by atoms with Gasteiger partial charge in [-0.15, -0.1) is 0 Å². The number of halogens is 14. The van der Waals surface area contributed by atoms with E-state index in [1.165, 1.54) is 0 Å². The summed E-state index contributed by atoms with van der Waals surface area (Å²) in [6.07, 6.45) is -27.6. The molecule has 0 saturated heterocycles. The van der Waals surface area contributed by atoms with Gasteiger partial charge < -0.3 is 13.7 Å². The molecule has 0 spiro atoms. The predicted octanol–water partition coefficient (Wildman–Crippen LogP) is 3.58. The Morgan fingerprint density at radius 2 is 0.794 bits per heavy atom. The van der Waals surface area contributed by atoms with Crippen molar-refractivity contribution in [1.29, 1.82) is 0 Å². The van der Waals surface area contributed by atoms with Gasteiger partial charge in [-0.25, -0.2) is 0 Å². The van der Waals surface area contributed by atoms with Crippen LogP contribution >= 0.6 is 0 Å². The molecule has 0 aliphatic rings. The zero-order valence-electron chi connectivity index (χ0n) is 16.8. The third-order valence-electron chi connectivity index (χ3n) is 4.44. The number of rotatable bonds is 6. The second-order valence-corrected chi connectivity index (χ2v) is 10.6. The molecule has 0 radical (unpaired) electrons. The topological polar surface area (TPSA) is 60.9 Å². The van der Waals surface area contributed by atoms with Crippen LogP contribution in [0, 0.1) is 0 Å². The van der Waals surface area contributed by atoms with E-state index in [4.69, 9.17) is 0 Å². The van der Waals surface area contributed by atoms with Gasteiger partial charge in [0.05, 0.1) is 0 Å². The molecule has 0 fully saturated rings. The SMILES string of the molecule is CN(C(=O)C(F)(F)F)[Si](CCC(F)(F)C(F)(F)F)(N(C)C(=O)C(F)(F)F)N(C)C(=O)C(F)(F)F. The van der Waals surface area contributed by atoms with Crippen LogP contribution in [0.1, 0.15) is 6.42 Å². The van der Waals surface area contributed by atoms with Gasteiger partial charge in [0, 0.05) is 33.6 Å². The minimum Gasteiger partial charge on any atom is -0.330 e. The van der Waals surface area contributed by atoms with Crippen molar-refractivity contribution < 1.29 is 75.8 Å². The minimum absolute atomic E-state index is 0.186. The number of hydrogen-bond acceptors (Lipinski definition) is 3. The lowest BCUT2D eigenvalue weighted by molar-refractivity contribution is -0.282. The summed E-state index contributed by atoms with van der Waals surface area (Å²) in [4.78, 5) is 35.0. The molecule has 21 heteroatoms. The average Bonchev–Trinajstić information content (AvgIpc) is 2.62. The molecule has 0 aromatic rings. The van der Waals surface area contributed by atoms with Crippen LogP contribution in [0.25, 0.3) is 0 Å². The van der Waals surface area contributed by atoms with Crippen LogP contribution in [-0.4, -0.2) is 91.7 Å². The van der Waals surface area contributed by atoms with Crippen LogP contribution in [0.5, 0.6) is 0 Å². The lowest BCUT2D eigenvalue weighted by Gasteiger charge is -2.49. The van der Waals surface area contributed by atoms with Crippen LogP contribution in [-0.2, 0) is 14.4 Å². The first-order valence-electron chi connectivity index (χ1n) is 8.15. The zero-order chi connectivity index (χ0) is 27.9. The van der Waals surface area contributed by atoms with Gasteiger partial charge in [-0.2, -0.15) is 61.5 Å². The highest BCUT2D eigenvalue weighted by molar-refractivity contribution is 6.78. The molecule has 0 rings (SSSR count). The monoisotopic (exact) mass is 553 g/mol. The first-order valence-corrected chi connectivity index (χ1v) is 10.2. The van der Waals surface area contributed by atoms with E-state index >= 15 is 0 Å². The molecule has 0 aromatic carbocycles. The number of alkyl halides is 14. The summed E-state index contributed by atoms with van der Waals surface area (Å²) in [5, 5.41) is 0. The van der Waals surface area contributed by atoms with E-state index in [0.717, 1.165) is 0 Å². The Kier molecular flexibility index (Phi) is 8.71. The molecule has 200 valence electrons. The maximum Gasteiger partial charge on any atom is 0.470 e. The Balaban J connectivity index is 7.25. The van der Waals surface area contributed by atoms with E-state index in [1.54, 1.807) is 0 Å². The summed E-state index contributed by atoms with van der Waals surface area (Å²) in [6.45, 7) is 0. The Labute approximate surface area is 181 Å². The van der Waals surface area contributed by atoms with E-state index < -0.39 is 83.1 Å². The van der Waals surface area contributed by atoms with Crippen molar-refractivity contribution in [3.63, 3.8) is 0 Å². The molecule has 0 atom stereocenters. The number of nitrogens with zero attached hydrogens (tertiary/aromatic N) is 3. The molecule has 0 N–H and O–H groups in total. The van der Waals surface area contributed by atoms with Gasteiger partial charge in [0.2, 0.25) is 0 Å². The van der Waals surface area contributed by atoms with Gasteiger partial charge in [-0.1, -0.05) is 0 Å². The number of hydrogen-bond donors (Lipinski definition) is 0. The fraction of sp³-hybridized carbons (Fsp3) is 0.769. The van der Waals surface area contributed by atoms with Crippen molar-refractivity contribution in [3.8, 4) is 0 Å². The molecule has 0 unspecified atom stereocenters. The largest absolute Gasteiger partial charge is 0.470 e. The quantitative estimate of drug-likeness (QED) is 0.374. The lowest BCUT2D eigenvalue weighted by Crippen LogP contribution is -2.78. The van der Waals surface area contributed by atoms with Crippen LogP contribution in [0.15, 0.2) is 0 Å². The maximum atomic E-state index is 13.5. The summed E-state index contributed by atoms with van der Waals surface area (Å²) < 4.78 is 178. The van der Waals surface area contributed by atoms with Crippen molar-refractivity contribution in [1.82, 2.24) is 13.7 Å². The van der Waals surface area contributed by atoms with Crippen LogP contribution in [0.3, 0.4) is 0 Å². The van der Waals surface area contributed by atoms with E-state index in [2.05, 4.69) is 0 Å². The van der Waals surface area contributed by atoms with Crippen molar-refractivity contribution in [2.45, 2.75) is 43.1 Å². The number of amides is 3. The highest BCUT2D eigenvalue weighted by Crippen LogP contribution is 2.42. The number of carbonyl (C=O) groups is 3. The summed E-state index contributed by atoms with van der Waals surface area (Å²) in [6, 6.07) is -2.39. The van der Waals surface area contributed by atoms with Gasteiger partial charge in [-0.3, -0.25) is 14.4 Å². The third-order valence-corrected chi connectivity index (χ3v) is 9.20. The van der Waals surface area contributed by atoms with Crippen LogP contribution in [0.2, 0.25) is 6.04 Å². The molecule has 0 aromatic heterocycles. The zero-order valence-corrected chi connectivity index (χ0v) is 17.8. The second kappa shape index (κ2) is 9.36. The fourth-order valence-electron chi connectivity index (χ4n) is 2.70. The molecular weight excluding hydrogens is 540 g/mol. The van der Waals surface area contributed by atoms with Gasteiger partial charge in [0.1, 0.15) is 0 Å². The van der Waals surface area contributed by atoms with E-state index in [1.807, 2.05) is 0 Å². The normalized spacial score (nSPS) is 14.0. The maximum absolute atomic E-state index is 13.5. The van der Waals surface area contributed by atoms with Crippen molar-refractivity contribution in [2.75, 3.05) is 21.1 Å². The molecular formula is C13H13F14N3O3Si. The molecule has 3 amide bonds. The summed E-state index contributed by atoms with van der Waals surface area (Å²) in [7, 11) is -7.06. The van der Waals surface area contributed by atoms with Gasteiger partial charge >= 0.3 is 56.9 Å². The highest BCUT2D eigenvalue weighted by atomic mass is 28.4. The Morgan fingerprint density at radius 3 is 0.971 bits per heavy atom. The minimum atomic E-state index is -6.50. The van der Waals surface area contributed by atoms with Crippen molar-refractivity contribution >= 4 is 26.3 Å². The third kappa shape index (κ3) is 6.40. The molecule has 6 nitrogen and oxygen atoms in total. The van der Waals surface area contributed by atoms with Gasteiger partial charge in [-0.05, 0) is 0 Å².